The fourth-order valence-electron chi connectivity index (χ4n) is 1.05. The van der Waals surface area contributed by atoms with Crippen molar-refractivity contribution in [2.24, 2.45) is 0 Å². The first-order chi connectivity index (χ1) is 6.49. The van der Waals surface area contributed by atoms with Crippen LogP contribution in [0.5, 0.6) is 0 Å². The first-order valence-corrected chi connectivity index (χ1v) is 3.63. The van der Waals surface area contributed by atoms with E-state index < -0.39 is 42.1 Å². The van der Waals surface area contributed by atoms with Gasteiger partial charge in [0.1, 0.15) is 6.10 Å². The van der Waals surface area contributed by atoms with E-state index in [1.165, 1.54) is 0 Å². The molecule has 0 amide bonds. The second-order valence-corrected chi connectivity index (χ2v) is 2.63. The third-order valence-corrected chi connectivity index (χ3v) is 1.72. The number of hydrogen-bond donors (Lipinski definition) is 3. The van der Waals surface area contributed by atoms with Crippen LogP contribution < -0.4 is 34.7 Å². The molecule has 0 aliphatic carbocycles. The summed E-state index contributed by atoms with van der Waals surface area (Å²) >= 11 is 0. The van der Waals surface area contributed by atoms with Crippen LogP contribution in [0.15, 0.2) is 11.3 Å². The number of aliphatic carboxylic acids is 1. The standard InChI is InChI=1S/C7H8O7.Na/c8-1-2(9)5-3(6(11)12)4(10)7(13)14-5;/h2,5,8-10H,1H2,(H,11,12);/q;+1/p-1/t2-,5-;/m0./s1. The van der Waals surface area contributed by atoms with Gasteiger partial charge in [-0.3, -0.25) is 0 Å². The topological polar surface area (TPSA) is 127 Å². The first kappa shape index (κ1) is 14.4. The number of ether oxygens (including phenoxy) is 1. The summed E-state index contributed by atoms with van der Waals surface area (Å²) in [4.78, 5) is 21.1. The van der Waals surface area contributed by atoms with Crippen molar-refractivity contribution in [2.45, 2.75) is 12.2 Å². The number of aliphatic hydroxyl groups excluding tert-OH is 3. The maximum atomic E-state index is 10.7. The molecule has 0 unspecified atom stereocenters. The molecule has 1 heterocycles. The molecular weight excluding hydrogens is 219 g/mol. The summed E-state index contributed by atoms with van der Waals surface area (Å²) in [7, 11) is 0. The number of carbonyl (C=O) groups is 2. The van der Waals surface area contributed by atoms with Crippen LogP contribution in [0.1, 0.15) is 0 Å². The van der Waals surface area contributed by atoms with Crippen molar-refractivity contribution in [3.05, 3.63) is 11.3 Å². The molecule has 15 heavy (non-hydrogen) atoms. The van der Waals surface area contributed by atoms with Crippen molar-refractivity contribution in [3.63, 3.8) is 0 Å². The molecule has 2 atom stereocenters. The number of esters is 1. The molecule has 0 radical (unpaired) electrons. The van der Waals surface area contributed by atoms with E-state index in [1.807, 2.05) is 0 Å². The quantitative estimate of drug-likeness (QED) is 0.322. The average Bonchev–Trinajstić information content (AvgIpc) is 2.42. The van der Waals surface area contributed by atoms with Crippen LogP contribution in [0.25, 0.3) is 0 Å². The van der Waals surface area contributed by atoms with Gasteiger partial charge in [-0.15, -0.1) is 0 Å². The van der Waals surface area contributed by atoms with Gasteiger partial charge in [0, 0.05) is 0 Å². The largest absolute Gasteiger partial charge is 1.00 e. The third-order valence-electron chi connectivity index (χ3n) is 1.72. The zero-order chi connectivity index (χ0) is 10.9. The summed E-state index contributed by atoms with van der Waals surface area (Å²) in [6.45, 7) is -0.804. The second kappa shape index (κ2) is 5.47. The van der Waals surface area contributed by atoms with E-state index >= 15 is 0 Å². The molecule has 1 aliphatic rings. The predicted octanol–water partition coefficient (Wildman–Crippen LogP) is -6.17. The van der Waals surface area contributed by atoms with Gasteiger partial charge in [0.2, 0.25) is 5.76 Å². The van der Waals surface area contributed by atoms with E-state index in [1.54, 1.807) is 0 Å². The zero-order valence-electron chi connectivity index (χ0n) is 7.84. The van der Waals surface area contributed by atoms with Crippen LogP contribution in [0, 0.1) is 0 Å². The van der Waals surface area contributed by atoms with Crippen LogP contribution in [0.2, 0.25) is 0 Å². The summed E-state index contributed by atoms with van der Waals surface area (Å²) in [6.07, 6.45) is -3.19. The fourth-order valence-corrected chi connectivity index (χ4v) is 1.05. The van der Waals surface area contributed by atoms with Crippen LogP contribution in [0.3, 0.4) is 0 Å². The zero-order valence-corrected chi connectivity index (χ0v) is 9.84. The first-order valence-electron chi connectivity index (χ1n) is 3.63. The Hall–Kier alpha value is -0.600. The summed E-state index contributed by atoms with van der Waals surface area (Å²) in [5.41, 5.74) is -0.850. The van der Waals surface area contributed by atoms with Gasteiger partial charge in [-0.25, -0.2) is 4.79 Å². The molecule has 0 spiro atoms. The van der Waals surface area contributed by atoms with E-state index in [0.717, 1.165) is 0 Å². The molecule has 1 rings (SSSR count). The summed E-state index contributed by atoms with van der Waals surface area (Å²) < 4.78 is 4.31. The Morgan fingerprint density at radius 2 is 2.13 bits per heavy atom. The molecule has 8 heteroatoms. The van der Waals surface area contributed by atoms with Gasteiger partial charge < -0.3 is 30.0 Å². The Bertz CT molecular complexity index is 310. The molecule has 0 aromatic carbocycles. The van der Waals surface area contributed by atoms with Crippen molar-refractivity contribution >= 4 is 11.9 Å². The number of carboxylic acids is 1. The third kappa shape index (κ3) is 2.70. The van der Waals surface area contributed by atoms with Gasteiger partial charge in [-0.1, -0.05) is 0 Å². The molecular formula is C7H7NaO7. The predicted molar refractivity (Wildman–Crippen MR) is 37.6 cm³/mol. The SMILES string of the molecule is O=C([O-])C1=C(O)C(=O)O[C@H]1[C@@H](O)CO.[Na+]. The van der Waals surface area contributed by atoms with Crippen LogP contribution >= 0.6 is 0 Å². The monoisotopic (exact) mass is 226 g/mol. The molecule has 3 N–H and O–H groups in total. The number of hydrogen-bond acceptors (Lipinski definition) is 7. The molecule has 0 saturated carbocycles. The maximum absolute atomic E-state index is 10.7. The molecule has 0 saturated heterocycles. The van der Waals surface area contributed by atoms with Gasteiger partial charge in [0.25, 0.3) is 0 Å². The number of carboxylic acid groups (broad SMARTS) is 1. The summed E-state index contributed by atoms with van der Waals surface area (Å²) in [5.74, 6) is -4.20. The number of rotatable bonds is 3. The maximum Gasteiger partial charge on any atom is 1.00 e. The molecule has 7 nitrogen and oxygen atoms in total. The normalized spacial score (nSPS) is 22.0. The minimum Gasteiger partial charge on any atom is -0.545 e. The van der Waals surface area contributed by atoms with Gasteiger partial charge >= 0.3 is 35.5 Å². The molecule has 0 aromatic rings. The summed E-state index contributed by atoms with van der Waals surface area (Å²) in [6, 6.07) is 0. The molecule has 0 aromatic heterocycles. The van der Waals surface area contributed by atoms with Crippen molar-refractivity contribution in [3.8, 4) is 0 Å². The number of carbonyl (C=O) groups excluding carboxylic acids is 2. The van der Waals surface area contributed by atoms with Crippen LogP contribution in [0.4, 0.5) is 0 Å². The van der Waals surface area contributed by atoms with Gasteiger partial charge in [-0.05, 0) is 0 Å². The number of aliphatic hydroxyl groups is 3. The molecule has 1 aliphatic heterocycles. The van der Waals surface area contributed by atoms with Crippen molar-refractivity contribution in [1.82, 2.24) is 0 Å². The Labute approximate surface area is 106 Å². The van der Waals surface area contributed by atoms with Crippen LogP contribution in [-0.4, -0.2) is 46.1 Å². The van der Waals surface area contributed by atoms with E-state index in [4.69, 9.17) is 15.3 Å². The number of cyclic esters (lactones) is 1. The van der Waals surface area contributed by atoms with Gasteiger partial charge in [0.15, 0.2) is 6.10 Å². The van der Waals surface area contributed by atoms with E-state index in [-0.39, 0.29) is 29.6 Å². The Morgan fingerprint density at radius 1 is 1.60 bits per heavy atom. The molecule has 0 fully saturated rings. The molecule has 78 valence electrons. The van der Waals surface area contributed by atoms with E-state index in [0.29, 0.717) is 0 Å². The van der Waals surface area contributed by atoms with Gasteiger partial charge in [0.05, 0.1) is 18.1 Å². The van der Waals surface area contributed by atoms with Crippen molar-refractivity contribution in [1.29, 1.82) is 0 Å². The Balaban J connectivity index is 0.00000196. The van der Waals surface area contributed by atoms with Crippen LogP contribution in [-0.2, 0) is 14.3 Å². The van der Waals surface area contributed by atoms with Crippen molar-refractivity contribution < 1.29 is 64.3 Å². The minimum atomic E-state index is -1.83. The summed E-state index contributed by atoms with van der Waals surface area (Å²) in [5, 5.41) is 36.9. The minimum absolute atomic E-state index is 0. The smallest absolute Gasteiger partial charge is 0.545 e. The Kier molecular flexibility index (Phi) is 5.26. The second-order valence-electron chi connectivity index (χ2n) is 2.63. The van der Waals surface area contributed by atoms with Crippen molar-refractivity contribution in [2.75, 3.05) is 6.61 Å². The molecule has 0 bridgehead atoms. The van der Waals surface area contributed by atoms with E-state index in [9.17, 15) is 14.7 Å². The fraction of sp³-hybridized carbons (Fsp3) is 0.429. The average molecular weight is 226 g/mol. The van der Waals surface area contributed by atoms with E-state index in [2.05, 4.69) is 4.74 Å². The van der Waals surface area contributed by atoms with Gasteiger partial charge in [-0.2, -0.15) is 0 Å². The Morgan fingerprint density at radius 3 is 2.53 bits per heavy atom.